The molecule has 1 amide bonds. The molecule has 0 saturated carbocycles. The highest BCUT2D eigenvalue weighted by molar-refractivity contribution is 6.32. The molecule has 3 aromatic rings. The van der Waals surface area contributed by atoms with Gasteiger partial charge in [-0.25, -0.2) is 0 Å². The number of benzene rings is 3. The SMILES string of the molecule is CC(Oc1ccccc1Cl)C(=O)Nc1ccc(Cl)cc1C(=O)c1ccccc1. The number of anilines is 1. The number of carbonyl (C=O) groups excluding carboxylic acids is 2. The number of amides is 1. The molecule has 0 fully saturated rings. The Morgan fingerprint density at radius 2 is 1.61 bits per heavy atom. The fraction of sp³-hybridized carbons (Fsp3) is 0.0909. The molecule has 0 radical (unpaired) electrons. The van der Waals surface area contributed by atoms with E-state index in [1.807, 2.05) is 6.07 Å². The van der Waals surface area contributed by atoms with Gasteiger partial charge in [0.25, 0.3) is 5.91 Å². The number of para-hydroxylation sites is 1. The molecule has 0 aliphatic heterocycles. The molecular weight excluding hydrogens is 397 g/mol. The zero-order chi connectivity index (χ0) is 20.1. The number of hydrogen-bond donors (Lipinski definition) is 1. The lowest BCUT2D eigenvalue weighted by molar-refractivity contribution is -0.122. The molecule has 0 aliphatic rings. The Balaban J connectivity index is 1.81. The third-order valence-electron chi connectivity index (χ3n) is 4.03. The number of ketones is 1. The van der Waals surface area contributed by atoms with E-state index < -0.39 is 12.0 Å². The zero-order valence-corrected chi connectivity index (χ0v) is 16.5. The van der Waals surface area contributed by atoms with Crippen LogP contribution in [-0.4, -0.2) is 17.8 Å². The standard InChI is InChI=1S/C22H17Cl2NO3/c1-14(28-20-10-6-5-9-18(20)24)22(27)25-19-12-11-16(23)13-17(19)21(26)15-7-3-2-4-8-15/h2-14H,1H3,(H,25,27). The summed E-state index contributed by atoms with van der Waals surface area (Å²) in [6, 6.07) is 20.4. The van der Waals surface area contributed by atoms with Gasteiger partial charge < -0.3 is 10.1 Å². The quantitative estimate of drug-likeness (QED) is 0.532. The third-order valence-corrected chi connectivity index (χ3v) is 4.58. The van der Waals surface area contributed by atoms with Gasteiger partial charge in [0.15, 0.2) is 11.9 Å². The normalized spacial score (nSPS) is 11.5. The number of halogens is 2. The van der Waals surface area contributed by atoms with Crippen LogP contribution in [0.5, 0.6) is 5.75 Å². The van der Waals surface area contributed by atoms with E-state index in [-0.39, 0.29) is 5.78 Å². The minimum Gasteiger partial charge on any atom is -0.479 e. The molecule has 0 aliphatic carbocycles. The van der Waals surface area contributed by atoms with Gasteiger partial charge in [0.2, 0.25) is 0 Å². The van der Waals surface area contributed by atoms with Gasteiger partial charge in [-0.15, -0.1) is 0 Å². The maximum absolute atomic E-state index is 12.8. The number of carbonyl (C=O) groups is 2. The number of ether oxygens (including phenoxy) is 1. The molecule has 142 valence electrons. The molecule has 0 bridgehead atoms. The lowest BCUT2D eigenvalue weighted by Crippen LogP contribution is -2.30. The Morgan fingerprint density at radius 3 is 2.32 bits per heavy atom. The van der Waals surface area contributed by atoms with Crippen molar-refractivity contribution >= 4 is 40.6 Å². The first kappa shape index (κ1) is 19.9. The van der Waals surface area contributed by atoms with Crippen molar-refractivity contribution in [2.24, 2.45) is 0 Å². The molecule has 1 atom stereocenters. The molecule has 1 unspecified atom stereocenters. The Labute approximate surface area is 173 Å². The van der Waals surface area contributed by atoms with E-state index in [1.165, 1.54) is 6.07 Å². The third kappa shape index (κ3) is 4.71. The summed E-state index contributed by atoms with van der Waals surface area (Å²) in [5, 5.41) is 3.55. The highest BCUT2D eigenvalue weighted by Crippen LogP contribution is 2.26. The topological polar surface area (TPSA) is 55.4 Å². The van der Waals surface area contributed by atoms with Crippen molar-refractivity contribution in [1.29, 1.82) is 0 Å². The summed E-state index contributed by atoms with van der Waals surface area (Å²) in [4.78, 5) is 25.4. The van der Waals surface area contributed by atoms with Gasteiger partial charge in [-0.05, 0) is 37.3 Å². The maximum Gasteiger partial charge on any atom is 0.265 e. The summed E-state index contributed by atoms with van der Waals surface area (Å²) in [5.74, 6) is -0.245. The zero-order valence-electron chi connectivity index (χ0n) is 15.0. The fourth-order valence-electron chi connectivity index (χ4n) is 2.58. The van der Waals surface area contributed by atoms with Crippen LogP contribution in [-0.2, 0) is 4.79 Å². The van der Waals surface area contributed by atoms with Gasteiger partial charge in [-0.3, -0.25) is 9.59 Å². The Kier molecular flexibility index (Phi) is 6.34. The van der Waals surface area contributed by atoms with Crippen molar-refractivity contribution in [3.05, 3.63) is 94.0 Å². The van der Waals surface area contributed by atoms with E-state index >= 15 is 0 Å². The van der Waals surface area contributed by atoms with Crippen LogP contribution in [0, 0.1) is 0 Å². The van der Waals surface area contributed by atoms with Crippen LogP contribution in [0.2, 0.25) is 10.0 Å². The summed E-state index contributed by atoms with van der Waals surface area (Å²) in [6.07, 6.45) is -0.824. The van der Waals surface area contributed by atoms with Gasteiger partial charge in [-0.1, -0.05) is 65.7 Å². The molecule has 3 aromatic carbocycles. The van der Waals surface area contributed by atoms with Crippen LogP contribution in [0.4, 0.5) is 5.69 Å². The van der Waals surface area contributed by atoms with E-state index in [0.717, 1.165) is 0 Å². The first-order valence-corrected chi connectivity index (χ1v) is 9.32. The van der Waals surface area contributed by atoms with Crippen molar-refractivity contribution < 1.29 is 14.3 Å². The highest BCUT2D eigenvalue weighted by atomic mass is 35.5. The van der Waals surface area contributed by atoms with Gasteiger partial charge in [0.1, 0.15) is 5.75 Å². The van der Waals surface area contributed by atoms with Crippen LogP contribution in [0.15, 0.2) is 72.8 Å². The molecule has 0 aromatic heterocycles. The van der Waals surface area contributed by atoms with Crippen molar-refractivity contribution in [2.75, 3.05) is 5.32 Å². The number of nitrogens with one attached hydrogen (secondary N) is 1. The summed E-state index contributed by atoms with van der Waals surface area (Å²) in [7, 11) is 0. The van der Waals surface area contributed by atoms with Crippen molar-refractivity contribution in [2.45, 2.75) is 13.0 Å². The first-order valence-electron chi connectivity index (χ1n) is 8.57. The largest absolute Gasteiger partial charge is 0.479 e. The summed E-state index contributed by atoms with van der Waals surface area (Å²) >= 11 is 12.1. The average molecular weight is 414 g/mol. The fourth-order valence-corrected chi connectivity index (χ4v) is 2.93. The minimum atomic E-state index is -0.824. The van der Waals surface area contributed by atoms with Gasteiger partial charge in [-0.2, -0.15) is 0 Å². The number of rotatable bonds is 6. The van der Waals surface area contributed by atoms with Crippen LogP contribution >= 0.6 is 23.2 Å². The monoisotopic (exact) mass is 413 g/mol. The molecule has 0 saturated heterocycles. The molecule has 0 heterocycles. The second-order valence-electron chi connectivity index (χ2n) is 6.06. The average Bonchev–Trinajstić information content (AvgIpc) is 2.71. The van der Waals surface area contributed by atoms with Crippen LogP contribution in [0.25, 0.3) is 0 Å². The predicted molar refractivity (Wildman–Crippen MR) is 111 cm³/mol. The molecular formula is C22H17Cl2NO3. The first-order chi connectivity index (χ1) is 13.5. The van der Waals surface area contributed by atoms with Crippen molar-refractivity contribution in [1.82, 2.24) is 0 Å². The Hall–Kier alpha value is -2.82. The molecule has 6 heteroatoms. The van der Waals surface area contributed by atoms with E-state index in [2.05, 4.69) is 5.32 Å². The minimum absolute atomic E-state index is 0.238. The van der Waals surface area contributed by atoms with Gasteiger partial charge in [0, 0.05) is 16.1 Å². The van der Waals surface area contributed by atoms with E-state index in [9.17, 15) is 9.59 Å². The predicted octanol–water partition coefficient (Wildman–Crippen LogP) is 5.63. The van der Waals surface area contributed by atoms with Crippen LogP contribution in [0.1, 0.15) is 22.8 Å². The highest BCUT2D eigenvalue weighted by Gasteiger charge is 2.20. The lowest BCUT2D eigenvalue weighted by atomic mass is 10.0. The summed E-state index contributed by atoms with van der Waals surface area (Å²) in [5.41, 5.74) is 1.16. The van der Waals surface area contributed by atoms with E-state index in [0.29, 0.717) is 32.6 Å². The Bertz CT molecular complexity index is 1010. The summed E-state index contributed by atoms with van der Waals surface area (Å²) in [6.45, 7) is 1.60. The second kappa shape index (κ2) is 8.91. The van der Waals surface area contributed by atoms with Crippen molar-refractivity contribution in [3.63, 3.8) is 0 Å². The second-order valence-corrected chi connectivity index (χ2v) is 6.91. The van der Waals surface area contributed by atoms with Gasteiger partial charge in [0.05, 0.1) is 10.7 Å². The van der Waals surface area contributed by atoms with Crippen LogP contribution in [0.3, 0.4) is 0 Å². The Morgan fingerprint density at radius 1 is 0.929 bits per heavy atom. The van der Waals surface area contributed by atoms with Gasteiger partial charge >= 0.3 is 0 Å². The van der Waals surface area contributed by atoms with E-state index in [1.54, 1.807) is 67.6 Å². The molecule has 3 rings (SSSR count). The molecule has 0 spiro atoms. The van der Waals surface area contributed by atoms with Crippen molar-refractivity contribution in [3.8, 4) is 5.75 Å². The number of hydrogen-bond acceptors (Lipinski definition) is 3. The molecule has 4 nitrogen and oxygen atoms in total. The molecule has 1 N–H and O–H groups in total. The van der Waals surface area contributed by atoms with Crippen LogP contribution < -0.4 is 10.1 Å². The maximum atomic E-state index is 12.8. The summed E-state index contributed by atoms with van der Waals surface area (Å²) < 4.78 is 5.63. The molecule has 28 heavy (non-hydrogen) atoms. The lowest BCUT2D eigenvalue weighted by Gasteiger charge is -2.17. The van der Waals surface area contributed by atoms with E-state index in [4.69, 9.17) is 27.9 Å². The smallest absolute Gasteiger partial charge is 0.265 e.